The summed E-state index contributed by atoms with van der Waals surface area (Å²) in [7, 11) is 2.65. The van der Waals surface area contributed by atoms with Gasteiger partial charge in [0, 0.05) is 13.0 Å². The zero-order chi connectivity index (χ0) is 40.7. The van der Waals surface area contributed by atoms with Crippen LogP contribution < -0.4 is 15.2 Å². The number of aryl methyl sites for hydroxylation is 1. The number of alkyl halides is 3. The van der Waals surface area contributed by atoms with Crippen LogP contribution in [0.15, 0.2) is 90.5 Å². The summed E-state index contributed by atoms with van der Waals surface area (Å²) >= 11 is 8.28. The zero-order valence-corrected chi connectivity index (χ0v) is 33.5. The number of amides is 4. The van der Waals surface area contributed by atoms with E-state index in [4.69, 9.17) is 16.3 Å². The van der Waals surface area contributed by atoms with Crippen LogP contribution in [-0.4, -0.2) is 57.9 Å². The number of ether oxygens (including phenoxy) is 1. The highest BCUT2D eigenvalue weighted by Crippen LogP contribution is 2.64. The number of fused-ring (bicyclic) bond motifs is 4. The average Bonchev–Trinajstić information content (AvgIpc) is 3.57. The molecule has 3 heterocycles. The van der Waals surface area contributed by atoms with E-state index in [1.54, 1.807) is 54.6 Å². The Balaban J connectivity index is 1.29. The van der Waals surface area contributed by atoms with Crippen molar-refractivity contribution in [3.05, 3.63) is 121 Å². The first-order valence-electron chi connectivity index (χ1n) is 18.0. The van der Waals surface area contributed by atoms with E-state index in [0.29, 0.717) is 32.0 Å². The lowest BCUT2D eigenvalue weighted by molar-refractivity contribution is -0.142. The Hall–Kier alpha value is -5.16. The van der Waals surface area contributed by atoms with E-state index in [-0.39, 0.29) is 29.4 Å². The van der Waals surface area contributed by atoms with Crippen molar-refractivity contribution in [2.75, 3.05) is 24.6 Å². The van der Waals surface area contributed by atoms with Crippen molar-refractivity contribution in [1.82, 2.24) is 15.0 Å². The molecular formula is C41H34ClF3IN5O6. The van der Waals surface area contributed by atoms with Crippen molar-refractivity contribution in [3.8, 4) is 11.5 Å². The second-order valence-electron chi connectivity index (χ2n) is 14.7. The maximum Gasteiger partial charge on any atom is 0.433 e. The Labute approximate surface area is 343 Å². The summed E-state index contributed by atoms with van der Waals surface area (Å²) in [6, 6.07) is 21.2. The molecule has 4 amide bonds. The highest BCUT2D eigenvalue weighted by Gasteiger charge is 2.70. The quantitative estimate of drug-likeness (QED) is 0.111. The number of carbonyl (C=O) groups is 4. The number of phenols is 1. The number of benzene rings is 3. The number of nitrogens with one attached hydrogen (secondary N) is 1. The summed E-state index contributed by atoms with van der Waals surface area (Å²) in [6.45, 7) is 1.91. The summed E-state index contributed by atoms with van der Waals surface area (Å²) in [5.74, 6) is -7.61. The first kappa shape index (κ1) is 38.7. The highest BCUT2D eigenvalue weighted by molar-refractivity contribution is 14.1. The van der Waals surface area contributed by atoms with Crippen LogP contribution in [0.4, 0.5) is 24.7 Å². The second-order valence-corrected chi connectivity index (χ2v) is 16.2. The molecule has 3 aromatic carbocycles. The maximum absolute atomic E-state index is 15.4. The standard InChI is InChI=1S/C41H34ClF3IN5O6/c1-20-9-11-23(12-10-20)48-50-37(54)27-19-26-24(33(21-17-29(46)34(52)30(18-21)57-3)40(27,39(50)56)22-7-5-4-6-8-22)13-14-25-32(26)38(55)51(36(25)53)49(2)35-28(42)15-16-31(47-35)41(43,44)45/h4-13,15-18,25-27,32-33,48,52H,14,19H2,1-3H3/t25-,26+,27-,32-,33-,40+/m0/s1. The lowest BCUT2D eigenvalue weighted by atomic mass is 9.49. The summed E-state index contributed by atoms with van der Waals surface area (Å²) in [6.07, 6.45) is -2.93. The number of carbonyl (C=O) groups excluding carboxylic acids is 4. The fourth-order valence-corrected chi connectivity index (χ4v) is 10.1. The third-order valence-electron chi connectivity index (χ3n) is 11.7. The van der Waals surface area contributed by atoms with Crippen LogP contribution in [0.25, 0.3) is 0 Å². The minimum absolute atomic E-state index is 0.0134. The number of phenolic OH excluding ortho intramolecular Hbond substituents is 1. The van der Waals surface area contributed by atoms with Gasteiger partial charge in [0.25, 0.3) is 23.6 Å². The molecule has 0 spiro atoms. The number of hydrogen-bond donors (Lipinski definition) is 2. The highest BCUT2D eigenvalue weighted by atomic mass is 127. The Kier molecular flexibility index (Phi) is 9.53. The normalized spacial score (nSPS) is 25.5. The molecule has 0 radical (unpaired) electrons. The number of nitrogens with zero attached hydrogens (tertiary/aromatic N) is 4. The van der Waals surface area contributed by atoms with E-state index >= 15 is 4.79 Å². The second kappa shape index (κ2) is 14.0. The molecule has 4 aromatic rings. The fraction of sp³-hybridized carbons (Fsp3) is 0.293. The van der Waals surface area contributed by atoms with Gasteiger partial charge in [0.1, 0.15) is 5.69 Å². The van der Waals surface area contributed by atoms with E-state index in [0.717, 1.165) is 26.7 Å². The Morgan fingerprint density at radius 2 is 1.68 bits per heavy atom. The molecule has 57 heavy (non-hydrogen) atoms. The van der Waals surface area contributed by atoms with Gasteiger partial charge < -0.3 is 9.84 Å². The van der Waals surface area contributed by atoms with Crippen LogP contribution in [0, 0.1) is 34.2 Å². The van der Waals surface area contributed by atoms with Gasteiger partial charge in [0.05, 0.1) is 44.6 Å². The van der Waals surface area contributed by atoms with E-state index in [1.807, 2.05) is 47.7 Å². The van der Waals surface area contributed by atoms with Crippen molar-refractivity contribution in [1.29, 1.82) is 0 Å². The summed E-state index contributed by atoms with van der Waals surface area (Å²) < 4.78 is 47.1. The van der Waals surface area contributed by atoms with Crippen LogP contribution in [0.3, 0.4) is 0 Å². The molecule has 16 heteroatoms. The molecule has 3 fully saturated rings. The number of allylic oxidation sites excluding steroid dienone is 2. The van der Waals surface area contributed by atoms with Gasteiger partial charge in [-0.25, -0.2) is 4.98 Å². The van der Waals surface area contributed by atoms with Gasteiger partial charge in [-0.15, -0.1) is 0 Å². The Morgan fingerprint density at radius 3 is 2.35 bits per heavy atom. The number of imide groups is 2. The predicted molar refractivity (Wildman–Crippen MR) is 211 cm³/mol. The van der Waals surface area contributed by atoms with Gasteiger partial charge in [-0.3, -0.25) is 29.6 Å². The van der Waals surface area contributed by atoms with Gasteiger partial charge in [0.15, 0.2) is 17.3 Å². The zero-order valence-electron chi connectivity index (χ0n) is 30.6. The number of anilines is 2. The lowest BCUT2D eigenvalue weighted by Gasteiger charge is -2.50. The number of halogens is 5. The predicted octanol–water partition coefficient (Wildman–Crippen LogP) is 7.42. The van der Waals surface area contributed by atoms with Gasteiger partial charge in [0.2, 0.25) is 0 Å². The summed E-state index contributed by atoms with van der Waals surface area (Å²) in [5, 5.41) is 13.5. The minimum atomic E-state index is -4.82. The molecule has 0 unspecified atom stereocenters. The van der Waals surface area contributed by atoms with Crippen molar-refractivity contribution < 1.29 is 42.2 Å². The van der Waals surface area contributed by atoms with Gasteiger partial charge in [-0.1, -0.05) is 71.3 Å². The average molecular weight is 912 g/mol. The van der Waals surface area contributed by atoms with Crippen LogP contribution in [0.2, 0.25) is 5.02 Å². The molecule has 2 saturated heterocycles. The van der Waals surface area contributed by atoms with Crippen molar-refractivity contribution in [2.24, 2.45) is 23.7 Å². The van der Waals surface area contributed by atoms with Crippen LogP contribution in [0.5, 0.6) is 11.5 Å². The number of methoxy groups -OCH3 is 1. The first-order valence-corrected chi connectivity index (χ1v) is 19.4. The number of rotatable bonds is 7. The molecule has 8 rings (SSSR count). The molecular weight excluding hydrogens is 878 g/mol. The largest absolute Gasteiger partial charge is 0.504 e. The maximum atomic E-state index is 15.4. The summed E-state index contributed by atoms with van der Waals surface area (Å²) in [4.78, 5) is 62.9. The Morgan fingerprint density at radius 1 is 0.982 bits per heavy atom. The van der Waals surface area contributed by atoms with Gasteiger partial charge >= 0.3 is 6.18 Å². The minimum Gasteiger partial charge on any atom is -0.504 e. The number of aromatic hydroxyl groups is 1. The van der Waals surface area contributed by atoms with Gasteiger partial charge in [-0.2, -0.15) is 23.2 Å². The molecule has 0 bridgehead atoms. The SMILES string of the molecule is COc1cc([C@H]2C3=CC[C@@H]4C(=O)N(N(C)c5nc(C(F)(F)F)ccc5Cl)C(=O)[C@@H]4[C@@H]3C[C@H]3C(=O)N(Nc4ccc(C)cc4)C(=O)[C@@]23c2ccccc2)cc(I)c1O. The number of hydrogen-bond acceptors (Lipinski definition) is 9. The number of aromatic nitrogens is 1. The smallest absolute Gasteiger partial charge is 0.433 e. The molecule has 6 atom stereocenters. The van der Waals surface area contributed by atoms with Crippen molar-refractivity contribution in [2.45, 2.75) is 37.3 Å². The van der Waals surface area contributed by atoms with Crippen LogP contribution in [-0.2, 0) is 30.8 Å². The Bertz CT molecular complexity index is 2380. The first-order chi connectivity index (χ1) is 27.1. The monoisotopic (exact) mass is 911 g/mol. The number of hydrazine groups is 2. The van der Waals surface area contributed by atoms with E-state index in [1.165, 1.54) is 14.2 Å². The molecule has 4 aliphatic rings. The number of pyridine rings is 1. The topological polar surface area (TPSA) is 132 Å². The van der Waals surface area contributed by atoms with Crippen LogP contribution >= 0.6 is 34.2 Å². The molecule has 2 N–H and O–H groups in total. The fourth-order valence-electron chi connectivity index (χ4n) is 9.23. The van der Waals surface area contributed by atoms with Crippen molar-refractivity contribution >= 4 is 69.3 Å². The van der Waals surface area contributed by atoms with Gasteiger partial charge in [-0.05, 0) is 95.8 Å². The molecule has 1 aromatic heterocycles. The molecule has 294 valence electrons. The lowest BCUT2D eigenvalue weighted by Crippen LogP contribution is -2.53. The van der Waals surface area contributed by atoms with E-state index in [2.05, 4.69) is 10.4 Å². The molecule has 2 aliphatic heterocycles. The third kappa shape index (κ3) is 5.94. The van der Waals surface area contributed by atoms with Crippen LogP contribution in [0.1, 0.15) is 41.1 Å². The molecule has 1 saturated carbocycles. The molecule has 11 nitrogen and oxygen atoms in total. The summed E-state index contributed by atoms with van der Waals surface area (Å²) in [5.41, 5.74) is 3.40. The molecule has 2 aliphatic carbocycles. The van der Waals surface area contributed by atoms with E-state index in [9.17, 15) is 32.7 Å². The van der Waals surface area contributed by atoms with Crippen molar-refractivity contribution in [3.63, 3.8) is 0 Å². The third-order valence-corrected chi connectivity index (χ3v) is 12.8. The van der Waals surface area contributed by atoms with E-state index < -0.39 is 76.3 Å².